The third kappa shape index (κ3) is 1.59. The smallest absolute Gasteiger partial charge is 0.226 e. The van der Waals surface area contributed by atoms with Crippen molar-refractivity contribution < 1.29 is 4.79 Å². The normalized spacial score (nSPS) is 18.1. The number of thiophene rings is 1. The van der Waals surface area contributed by atoms with Gasteiger partial charge in [0, 0.05) is 27.5 Å². The number of aromatic amines is 1. The van der Waals surface area contributed by atoms with Gasteiger partial charge in [0.2, 0.25) is 5.91 Å². The predicted molar refractivity (Wildman–Crippen MR) is 80.2 cm³/mol. The van der Waals surface area contributed by atoms with Crippen LogP contribution in [0.25, 0.3) is 10.1 Å². The number of anilines is 1. The average Bonchev–Trinajstić information content (AvgIpc) is 3.03. The van der Waals surface area contributed by atoms with E-state index in [1.54, 1.807) is 11.3 Å². The topological polar surface area (TPSA) is 57.8 Å². The van der Waals surface area contributed by atoms with Gasteiger partial charge in [-0.25, -0.2) is 0 Å². The van der Waals surface area contributed by atoms with Gasteiger partial charge in [-0.05, 0) is 23.9 Å². The summed E-state index contributed by atoms with van der Waals surface area (Å²) in [7, 11) is 0. The molecule has 1 aliphatic rings. The van der Waals surface area contributed by atoms with E-state index >= 15 is 0 Å². The summed E-state index contributed by atoms with van der Waals surface area (Å²) in [6.45, 7) is 2.14. The molecule has 0 fully saturated rings. The molecule has 0 radical (unpaired) electrons. The van der Waals surface area contributed by atoms with E-state index in [1.807, 2.05) is 6.20 Å². The van der Waals surface area contributed by atoms with E-state index in [0.717, 1.165) is 11.4 Å². The fourth-order valence-electron chi connectivity index (χ4n) is 2.91. The van der Waals surface area contributed by atoms with Crippen LogP contribution < -0.4 is 5.32 Å². The fourth-order valence-corrected chi connectivity index (χ4v) is 4.24. The average molecular weight is 283 g/mol. The molecule has 0 aliphatic carbocycles. The summed E-state index contributed by atoms with van der Waals surface area (Å²) in [6, 6.07) is 8.39. The zero-order valence-electron chi connectivity index (χ0n) is 10.9. The Morgan fingerprint density at radius 1 is 1.35 bits per heavy atom. The van der Waals surface area contributed by atoms with Crippen molar-refractivity contribution in [3.63, 3.8) is 0 Å². The molecule has 20 heavy (non-hydrogen) atoms. The van der Waals surface area contributed by atoms with Gasteiger partial charge >= 0.3 is 0 Å². The van der Waals surface area contributed by atoms with Crippen LogP contribution in [-0.2, 0) is 4.79 Å². The molecule has 1 aliphatic heterocycles. The molecule has 1 amide bonds. The minimum atomic E-state index is 0.0450. The highest BCUT2D eigenvalue weighted by Gasteiger charge is 2.30. The first-order chi connectivity index (χ1) is 9.74. The Labute approximate surface area is 119 Å². The van der Waals surface area contributed by atoms with E-state index in [-0.39, 0.29) is 11.8 Å². The molecule has 5 heteroatoms. The van der Waals surface area contributed by atoms with Crippen molar-refractivity contribution in [2.45, 2.75) is 19.3 Å². The molecule has 4 nitrogen and oxygen atoms in total. The predicted octanol–water partition coefficient (Wildman–Crippen LogP) is 3.41. The lowest BCUT2D eigenvalue weighted by Gasteiger charge is -2.21. The number of rotatable bonds is 1. The Bertz CT molecular complexity index is 818. The third-order valence-corrected chi connectivity index (χ3v) is 5.28. The molecular weight excluding hydrogens is 270 g/mol. The van der Waals surface area contributed by atoms with E-state index in [0.29, 0.717) is 6.42 Å². The van der Waals surface area contributed by atoms with Gasteiger partial charge in [0.15, 0.2) is 0 Å². The maximum atomic E-state index is 11.9. The lowest BCUT2D eigenvalue weighted by molar-refractivity contribution is -0.116. The molecule has 0 spiro atoms. The lowest BCUT2D eigenvalue weighted by Crippen LogP contribution is -2.22. The molecule has 1 atom stereocenters. The van der Waals surface area contributed by atoms with E-state index in [2.05, 4.69) is 46.7 Å². The number of nitrogens with one attached hydrogen (secondary N) is 2. The summed E-state index contributed by atoms with van der Waals surface area (Å²) < 4.78 is 1.27. The first kappa shape index (κ1) is 11.7. The van der Waals surface area contributed by atoms with Crippen LogP contribution in [0.2, 0.25) is 0 Å². The molecule has 0 saturated carbocycles. The number of carbonyl (C=O) groups is 1. The van der Waals surface area contributed by atoms with Crippen LogP contribution in [0.15, 0.2) is 30.5 Å². The maximum absolute atomic E-state index is 11.9. The number of benzene rings is 1. The third-order valence-electron chi connectivity index (χ3n) is 3.90. The summed E-state index contributed by atoms with van der Waals surface area (Å²) in [5.74, 6) is 0.890. The van der Waals surface area contributed by atoms with E-state index in [4.69, 9.17) is 0 Å². The summed E-state index contributed by atoms with van der Waals surface area (Å²) >= 11 is 1.78. The van der Waals surface area contributed by atoms with Gasteiger partial charge in [-0.15, -0.1) is 11.3 Å². The van der Waals surface area contributed by atoms with Crippen LogP contribution in [-0.4, -0.2) is 16.1 Å². The minimum Gasteiger partial charge on any atom is -0.311 e. The number of nitrogens with zero attached hydrogens (tertiary/aromatic N) is 1. The number of fused-ring (bicyclic) bond motifs is 2. The van der Waals surface area contributed by atoms with Gasteiger partial charge < -0.3 is 5.32 Å². The number of aromatic nitrogens is 2. The first-order valence-electron chi connectivity index (χ1n) is 6.55. The van der Waals surface area contributed by atoms with Crippen LogP contribution in [0.3, 0.4) is 0 Å². The molecule has 3 heterocycles. The van der Waals surface area contributed by atoms with Gasteiger partial charge in [-0.2, -0.15) is 5.10 Å². The molecule has 0 saturated heterocycles. The molecule has 3 aromatic rings. The van der Waals surface area contributed by atoms with Gasteiger partial charge in [0.25, 0.3) is 0 Å². The first-order valence-corrected chi connectivity index (χ1v) is 7.37. The SMILES string of the molecule is Cc1c(C2CC(=O)Nc3[nH]ncc32)sc2ccccc12. The lowest BCUT2D eigenvalue weighted by atomic mass is 9.90. The second-order valence-corrected chi connectivity index (χ2v) is 6.18. The van der Waals surface area contributed by atoms with Crippen molar-refractivity contribution in [3.8, 4) is 0 Å². The molecule has 2 N–H and O–H groups in total. The van der Waals surface area contributed by atoms with Crippen molar-refractivity contribution in [1.29, 1.82) is 0 Å². The van der Waals surface area contributed by atoms with Crippen molar-refractivity contribution in [1.82, 2.24) is 10.2 Å². The Morgan fingerprint density at radius 2 is 2.20 bits per heavy atom. The fraction of sp³-hybridized carbons (Fsp3) is 0.200. The quantitative estimate of drug-likeness (QED) is 0.719. The number of hydrogen-bond acceptors (Lipinski definition) is 3. The number of amides is 1. The van der Waals surface area contributed by atoms with E-state index in [9.17, 15) is 4.79 Å². The number of carbonyl (C=O) groups excluding carboxylic acids is 1. The minimum absolute atomic E-state index is 0.0450. The molecule has 100 valence electrons. The highest BCUT2D eigenvalue weighted by Crippen LogP contribution is 2.43. The van der Waals surface area contributed by atoms with Crippen LogP contribution in [0.1, 0.15) is 28.3 Å². The van der Waals surface area contributed by atoms with Gasteiger partial charge in [0.05, 0.1) is 6.20 Å². The summed E-state index contributed by atoms with van der Waals surface area (Å²) in [5, 5.41) is 11.0. The number of aryl methyl sites for hydroxylation is 1. The van der Waals surface area contributed by atoms with Gasteiger partial charge in [0.1, 0.15) is 5.82 Å². The van der Waals surface area contributed by atoms with Gasteiger partial charge in [-0.1, -0.05) is 18.2 Å². The Kier molecular flexibility index (Phi) is 2.44. The number of H-pyrrole nitrogens is 1. The van der Waals surface area contributed by atoms with Crippen molar-refractivity contribution >= 4 is 33.1 Å². The standard InChI is InChI=1S/C15H13N3OS/c1-8-9-4-2-3-5-12(9)20-14(8)10-6-13(19)17-15-11(10)7-16-18-15/h2-5,7,10H,6H2,1H3,(H2,16,17,18,19). The van der Waals surface area contributed by atoms with Crippen molar-refractivity contribution in [3.05, 3.63) is 46.5 Å². The van der Waals surface area contributed by atoms with E-state index < -0.39 is 0 Å². The molecule has 1 aromatic carbocycles. The zero-order chi connectivity index (χ0) is 13.7. The highest BCUT2D eigenvalue weighted by atomic mass is 32.1. The second kappa shape index (κ2) is 4.18. The van der Waals surface area contributed by atoms with Gasteiger partial charge in [-0.3, -0.25) is 9.89 Å². The van der Waals surface area contributed by atoms with Crippen molar-refractivity contribution in [2.75, 3.05) is 5.32 Å². The number of hydrogen-bond donors (Lipinski definition) is 2. The molecular formula is C15H13N3OS. The maximum Gasteiger partial charge on any atom is 0.226 e. The van der Waals surface area contributed by atoms with Crippen LogP contribution in [0, 0.1) is 6.92 Å². The zero-order valence-corrected chi connectivity index (χ0v) is 11.8. The second-order valence-electron chi connectivity index (χ2n) is 5.09. The summed E-state index contributed by atoms with van der Waals surface area (Å²) in [5.41, 5.74) is 2.36. The molecule has 2 aromatic heterocycles. The molecule has 0 bridgehead atoms. The Hall–Kier alpha value is -2.14. The monoisotopic (exact) mass is 283 g/mol. The molecule has 1 unspecified atom stereocenters. The highest BCUT2D eigenvalue weighted by molar-refractivity contribution is 7.19. The summed E-state index contributed by atoms with van der Waals surface area (Å²) in [4.78, 5) is 13.1. The summed E-state index contributed by atoms with van der Waals surface area (Å²) in [6.07, 6.45) is 2.31. The van der Waals surface area contributed by atoms with Crippen molar-refractivity contribution in [2.24, 2.45) is 0 Å². The largest absolute Gasteiger partial charge is 0.311 e. The van der Waals surface area contributed by atoms with Crippen LogP contribution in [0.4, 0.5) is 5.82 Å². The molecule has 4 rings (SSSR count). The van der Waals surface area contributed by atoms with E-state index in [1.165, 1.54) is 20.5 Å². The Balaban J connectivity index is 1.92. The van der Waals surface area contributed by atoms with Crippen LogP contribution in [0.5, 0.6) is 0 Å². The van der Waals surface area contributed by atoms with Crippen LogP contribution >= 0.6 is 11.3 Å². The Morgan fingerprint density at radius 3 is 3.05 bits per heavy atom.